The van der Waals surface area contributed by atoms with Crippen LogP contribution in [0.15, 0.2) is 36.1 Å². The standard InChI is InChI=1S/C24H33NO6/c1-3-30-24-19(8-7-15-26)20(17-9-11-18(12-10-17)23(28)29-2)16-21(31-24)22(27)25-13-5-4-6-14-25/h9-12,16,19-20,24,26H,3-8,13-15H2,1-2H3/t19-,20-,24-/m0/s1. The highest BCUT2D eigenvalue weighted by Crippen LogP contribution is 2.40. The molecule has 0 aromatic heterocycles. The first-order valence-electron chi connectivity index (χ1n) is 11.2. The summed E-state index contributed by atoms with van der Waals surface area (Å²) in [6, 6.07) is 7.23. The Kier molecular flexibility index (Phi) is 8.49. The van der Waals surface area contributed by atoms with E-state index in [1.807, 2.05) is 30.0 Å². The number of nitrogens with zero attached hydrogens (tertiary/aromatic N) is 1. The summed E-state index contributed by atoms with van der Waals surface area (Å²) in [7, 11) is 1.35. The average Bonchev–Trinajstić information content (AvgIpc) is 2.82. The molecule has 1 aromatic carbocycles. The van der Waals surface area contributed by atoms with E-state index in [0.29, 0.717) is 30.8 Å². The predicted octanol–water partition coefficient (Wildman–Crippen LogP) is 3.23. The lowest BCUT2D eigenvalue weighted by atomic mass is 9.80. The fraction of sp³-hybridized carbons (Fsp3) is 0.583. The Bertz CT molecular complexity index is 769. The van der Waals surface area contributed by atoms with Gasteiger partial charge in [0.15, 0.2) is 5.76 Å². The number of benzene rings is 1. The normalized spacial score (nSPS) is 23.6. The zero-order chi connectivity index (χ0) is 22.2. The van der Waals surface area contributed by atoms with E-state index >= 15 is 0 Å². The molecule has 0 aliphatic carbocycles. The van der Waals surface area contributed by atoms with Crippen molar-refractivity contribution in [2.24, 2.45) is 5.92 Å². The van der Waals surface area contributed by atoms with E-state index in [1.54, 1.807) is 12.1 Å². The maximum Gasteiger partial charge on any atom is 0.337 e. The van der Waals surface area contributed by atoms with Crippen LogP contribution in [-0.4, -0.2) is 61.6 Å². The third-order valence-corrected chi connectivity index (χ3v) is 5.98. The number of aliphatic hydroxyl groups is 1. The summed E-state index contributed by atoms with van der Waals surface area (Å²) in [5.41, 5.74) is 1.44. The van der Waals surface area contributed by atoms with Crippen LogP contribution in [0.5, 0.6) is 0 Å². The van der Waals surface area contributed by atoms with Crippen LogP contribution in [0.3, 0.4) is 0 Å². The highest BCUT2D eigenvalue weighted by atomic mass is 16.7. The second kappa shape index (κ2) is 11.3. The molecule has 2 aliphatic heterocycles. The minimum Gasteiger partial charge on any atom is -0.465 e. The Hall–Kier alpha value is -2.38. The fourth-order valence-corrected chi connectivity index (χ4v) is 4.35. The van der Waals surface area contributed by atoms with Crippen LogP contribution >= 0.6 is 0 Å². The summed E-state index contributed by atoms with van der Waals surface area (Å²) in [6.45, 7) is 3.92. The van der Waals surface area contributed by atoms with Gasteiger partial charge in [0.25, 0.3) is 5.91 Å². The number of hydrogen-bond acceptors (Lipinski definition) is 6. The van der Waals surface area contributed by atoms with Gasteiger partial charge in [-0.3, -0.25) is 4.79 Å². The van der Waals surface area contributed by atoms with Gasteiger partial charge >= 0.3 is 5.97 Å². The quantitative estimate of drug-likeness (QED) is 0.636. The molecule has 7 nitrogen and oxygen atoms in total. The Morgan fingerprint density at radius 1 is 1.16 bits per heavy atom. The van der Waals surface area contributed by atoms with Gasteiger partial charge in [-0.1, -0.05) is 12.1 Å². The van der Waals surface area contributed by atoms with Crippen molar-refractivity contribution in [3.8, 4) is 0 Å². The average molecular weight is 432 g/mol. The molecule has 3 atom stereocenters. The summed E-state index contributed by atoms with van der Waals surface area (Å²) in [6.07, 6.45) is 5.77. The zero-order valence-corrected chi connectivity index (χ0v) is 18.4. The number of amides is 1. The highest BCUT2D eigenvalue weighted by Gasteiger charge is 2.39. The molecule has 170 valence electrons. The number of hydrogen-bond donors (Lipinski definition) is 1. The second-order valence-corrected chi connectivity index (χ2v) is 7.99. The fourth-order valence-electron chi connectivity index (χ4n) is 4.35. The number of likely N-dealkylation sites (tertiary alicyclic amines) is 1. The van der Waals surface area contributed by atoms with E-state index in [0.717, 1.165) is 37.9 Å². The molecule has 1 fully saturated rings. The third-order valence-electron chi connectivity index (χ3n) is 5.98. The van der Waals surface area contributed by atoms with E-state index in [1.165, 1.54) is 7.11 Å². The van der Waals surface area contributed by atoms with Gasteiger partial charge in [-0.05, 0) is 62.8 Å². The first-order valence-corrected chi connectivity index (χ1v) is 11.2. The highest BCUT2D eigenvalue weighted by molar-refractivity contribution is 5.92. The summed E-state index contributed by atoms with van der Waals surface area (Å²) in [5, 5.41) is 9.40. The van der Waals surface area contributed by atoms with Crippen molar-refractivity contribution in [1.29, 1.82) is 0 Å². The van der Waals surface area contributed by atoms with Crippen molar-refractivity contribution < 1.29 is 28.9 Å². The molecular weight excluding hydrogens is 398 g/mol. The van der Waals surface area contributed by atoms with Crippen LogP contribution in [0.4, 0.5) is 0 Å². The number of rotatable bonds is 8. The molecule has 1 aromatic rings. The minimum atomic E-state index is -0.574. The number of piperidine rings is 1. The number of aliphatic hydroxyl groups excluding tert-OH is 1. The lowest BCUT2D eigenvalue weighted by Crippen LogP contribution is -2.42. The molecule has 1 amide bonds. The van der Waals surface area contributed by atoms with Crippen molar-refractivity contribution in [3.63, 3.8) is 0 Å². The van der Waals surface area contributed by atoms with Crippen LogP contribution in [0, 0.1) is 5.92 Å². The molecule has 31 heavy (non-hydrogen) atoms. The molecular formula is C24H33NO6. The number of esters is 1. The van der Waals surface area contributed by atoms with Crippen LogP contribution in [0.25, 0.3) is 0 Å². The van der Waals surface area contributed by atoms with E-state index in [-0.39, 0.29) is 30.3 Å². The molecule has 0 spiro atoms. The van der Waals surface area contributed by atoms with Gasteiger partial charge in [0, 0.05) is 38.1 Å². The Morgan fingerprint density at radius 2 is 1.87 bits per heavy atom. The number of methoxy groups -OCH3 is 1. The minimum absolute atomic E-state index is 0.0611. The SMILES string of the molecule is CCO[C@H]1OC(C(=O)N2CCCCC2)=C[C@@H](c2ccc(C(=O)OC)cc2)[C@@H]1CCCO. The van der Waals surface area contributed by atoms with Crippen molar-refractivity contribution >= 4 is 11.9 Å². The van der Waals surface area contributed by atoms with Crippen LogP contribution in [0.2, 0.25) is 0 Å². The number of ether oxygens (including phenoxy) is 3. The zero-order valence-electron chi connectivity index (χ0n) is 18.4. The molecule has 0 radical (unpaired) electrons. The topological polar surface area (TPSA) is 85.3 Å². The molecule has 2 aliphatic rings. The van der Waals surface area contributed by atoms with Crippen molar-refractivity contribution in [3.05, 3.63) is 47.2 Å². The number of carbonyl (C=O) groups excluding carboxylic acids is 2. The maximum atomic E-state index is 13.2. The maximum absolute atomic E-state index is 13.2. The Morgan fingerprint density at radius 3 is 2.48 bits per heavy atom. The van der Waals surface area contributed by atoms with E-state index < -0.39 is 6.29 Å². The van der Waals surface area contributed by atoms with Crippen LogP contribution < -0.4 is 0 Å². The van der Waals surface area contributed by atoms with Crippen molar-refractivity contribution in [2.45, 2.75) is 51.2 Å². The van der Waals surface area contributed by atoms with Gasteiger partial charge in [0.1, 0.15) is 0 Å². The summed E-state index contributed by atoms with van der Waals surface area (Å²) in [5.74, 6) is -0.357. The van der Waals surface area contributed by atoms with Crippen molar-refractivity contribution in [1.82, 2.24) is 4.90 Å². The largest absolute Gasteiger partial charge is 0.465 e. The van der Waals surface area contributed by atoms with Crippen LogP contribution in [-0.2, 0) is 19.0 Å². The molecule has 0 saturated carbocycles. The molecule has 2 heterocycles. The van der Waals surface area contributed by atoms with Gasteiger partial charge in [0.2, 0.25) is 6.29 Å². The van der Waals surface area contributed by atoms with E-state index in [4.69, 9.17) is 14.2 Å². The van der Waals surface area contributed by atoms with Gasteiger partial charge in [-0.25, -0.2) is 4.79 Å². The van der Waals surface area contributed by atoms with Gasteiger partial charge < -0.3 is 24.2 Å². The molecule has 3 rings (SSSR count). The number of allylic oxidation sites excluding steroid dienone is 1. The van der Waals surface area contributed by atoms with E-state index in [9.17, 15) is 14.7 Å². The second-order valence-electron chi connectivity index (χ2n) is 7.99. The smallest absolute Gasteiger partial charge is 0.337 e. The summed E-state index contributed by atoms with van der Waals surface area (Å²) < 4.78 is 16.8. The number of carbonyl (C=O) groups is 2. The molecule has 1 saturated heterocycles. The first-order chi connectivity index (χ1) is 15.1. The van der Waals surface area contributed by atoms with Crippen molar-refractivity contribution in [2.75, 3.05) is 33.4 Å². The first kappa shape index (κ1) is 23.3. The summed E-state index contributed by atoms with van der Waals surface area (Å²) in [4.78, 5) is 26.8. The van der Waals surface area contributed by atoms with Gasteiger partial charge in [0.05, 0.1) is 12.7 Å². The van der Waals surface area contributed by atoms with Crippen LogP contribution in [0.1, 0.15) is 60.9 Å². The molecule has 0 unspecified atom stereocenters. The molecule has 1 N–H and O–H groups in total. The predicted molar refractivity (Wildman–Crippen MR) is 115 cm³/mol. The van der Waals surface area contributed by atoms with Gasteiger partial charge in [-0.2, -0.15) is 0 Å². The lowest BCUT2D eigenvalue weighted by Gasteiger charge is -2.38. The third kappa shape index (κ3) is 5.66. The monoisotopic (exact) mass is 431 g/mol. The summed E-state index contributed by atoms with van der Waals surface area (Å²) >= 11 is 0. The Balaban J connectivity index is 1.93. The molecule has 0 bridgehead atoms. The van der Waals surface area contributed by atoms with E-state index in [2.05, 4.69) is 0 Å². The lowest BCUT2D eigenvalue weighted by molar-refractivity contribution is -0.170. The van der Waals surface area contributed by atoms with Gasteiger partial charge in [-0.15, -0.1) is 0 Å². The Labute approximate surface area is 184 Å². The molecule has 7 heteroatoms.